The monoisotopic (exact) mass is 310 g/mol. The topological polar surface area (TPSA) is 68.8 Å². The molecule has 7 nitrogen and oxygen atoms in total. The lowest BCUT2D eigenvalue weighted by Crippen LogP contribution is -2.51. The molecule has 0 radical (unpaired) electrons. The van der Waals surface area contributed by atoms with Gasteiger partial charge in [-0.1, -0.05) is 5.21 Å². The smallest absolute Gasteiger partial charge is 0.276 e. The van der Waals surface area contributed by atoms with Gasteiger partial charge in [0.05, 0.1) is 22.9 Å². The quantitative estimate of drug-likeness (QED) is 0.808. The molecule has 8 heteroatoms. The van der Waals surface area contributed by atoms with Crippen molar-refractivity contribution in [3.05, 3.63) is 28.8 Å². The zero-order chi connectivity index (χ0) is 12.7. The van der Waals surface area contributed by atoms with E-state index in [0.717, 1.165) is 4.47 Å². The molecule has 0 aromatic carbocycles. The van der Waals surface area contributed by atoms with Gasteiger partial charge >= 0.3 is 0 Å². The normalized spacial score (nSPS) is 15.8. The lowest BCUT2D eigenvalue weighted by Gasteiger charge is -2.38. The minimum atomic E-state index is -0.0782. The van der Waals surface area contributed by atoms with Crippen LogP contribution in [0.2, 0.25) is 0 Å². The highest BCUT2D eigenvalue weighted by Gasteiger charge is 2.33. The zero-order valence-corrected chi connectivity index (χ0v) is 11.3. The van der Waals surface area contributed by atoms with Gasteiger partial charge in [0.2, 0.25) is 0 Å². The molecule has 0 bridgehead atoms. The number of aryl methyl sites for hydroxylation is 1. The van der Waals surface area contributed by atoms with Gasteiger partial charge in [-0.15, -0.1) is 5.10 Å². The first-order chi connectivity index (χ1) is 8.63. The van der Waals surface area contributed by atoms with E-state index < -0.39 is 0 Å². The molecule has 1 fully saturated rings. The molecule has 1 aliphatic rings. The van der Waals surface area contributed by atoms with Crippen LogP contribution in [0.5, 0.6) is 0 Å². The third-order valence-corrected chi connectivity index (χ3v) is 3.32. The van der Waals surface area contributed by atoms with Crippen molar-refractivity contribution in [3.8, 4) is 0 Å². The predicted molar refractivity (Wildman–Crippen MR) is 65.9 cm³/mol. The Labute approximate surface area is 111 Å². The summed E-state index contributed by atoms with van der Waals surface area (Å²) in [5.74, 6) is -0.0782. The standard InChI is InChI=1S/C10H11BrN6O/c1-15-6-9(13-14-15)10(18)16-4-8(5-16)17-3-7(11)2-12-17/h2-3,6,8H,4-5H2,1H3. The van der Waals surface area contributed by atoms with Crippen LogP contribution in [-0.4, -0.2) is 48.7 Å². The number of carbonyl (C=O) groups excluding carboxylic acids is 1. The van der Waals surface area contributed by atoms with Crippen molar-refractivity contribution in [2.45, 2.75) is 6.04 Å². The number of carbonyl (C=O) groups is 1. The highest BCUT2D eigenvalue weighted by atomic mass is 79.9. The second-order valence-electron chi connectivity index (χ2n) is 4.28. The predicted octanol–water partition coefficient (Wildman–Crippen LogP) is 0.471. The molecule has 0 unspecified atom stereocenters. The van der Waals surface area contributed by atoms with E-state index in [1.54, 1.807) is 24.3 Å². The van der Waals surface area contributed by atoms with E-state index in [1.165, 1.54) is 4.68 Å². The number of aromatic nitrogens is 5. The van der Waals surface area contributed by atoms with Gasteiger partial charge < -0.3 is 4.90 Å². The molecule has 1 aliphatic heterocycles. The van der Waals surface area contributed by atoms with Crippen LogP contribution in [0.3, 0.4) is 0 Å². The fourth-order valence-corrected chi connectivity index (χ4v) is 2.21. The van der Waals surface area contributed by atoms with Crippen LogP contribution in [0.25, 0.3) is 0 Å². The Morgan fingerprint density at radius 1 is 1.44 bits per heavy atom. The molecule has 18 heavy (non-hydrogen) atoms. The number of halogens is 1. The van der Waals surface area contributed by atoms with E-state index in [4.69, 9.17) is 0 Å². The van der Waals surface area contributed by atoms with Crippen molar-refractivity contribution >= 4 is 21.8 Å². The summed E-state index contributed by atoms with van der Waals surface area (Å²) < 4.78 is 4.33. The van der Waals surface area contributed by atoms with Crippen molar-refractivity contribution in [2.75, 3.05) is 13.1 Å². The molecule has 0 aliphatic carbocycles. The Balaban J connectivity index is 1.64. The largest absolute Gasteiger partial charge is 0.333 e. The van der Waals surface area contributed by atoms with E-state index in [-0.39, 0.29) is 11.9 Å². The van der Waals surface area contributed by atoms with Crippen LogP contribution in [0, 0.1) is 0 Å². The van der Waals surface area contributed by atoms with E-state index in [2.05, 4.69) is 31.3 Å². The third-order valence-electron chi connectivity index (χ3n) is 2.92. The van der Waals surface area contributed by atoms with Gasteiger partial charge in [0.1, 0.15) is 0 Å². The molecule has 94 valence electrons. The maximum Gasteiger partial charge on any atom is 0.276 e. The van der Waals surface area contributed by atoms with Crippen LogP contribution in [0.1, 0.15) is 16.5 Å². The number of amides is 1. The average molecular weight is 311 g/mol. The van der Waals surface area contributed by atoms with E-state index in [1.807, 2.05) is 10.9 Å². The molecule has 2 aromatic rings. The molecule has 1 saturated heterocycles. The summed E-state index contributed by atoms with van der Waals surface area (Å²) in [7, 11) is 1.74. The van der Waals surface area contributed by atoms with E-state index in [9.17, 15) is 4.79 Å². The lowest BCUT2D eigenvalue weighted by molar-refractivity contribution is 0.0495. The molecular weight excluding hydrogens is 300 g/mol. The zero-order valence-electron chi connectivity index (χ0n) is 9.69. The molecule has 3 heterocycles. The lowest BCUT2D eigenvalue weighted by atomic mass is 10.1. The summed E-state index contributed by atoms with van der Waals surface area (Å²) >= 11 is 3.35. The summed E-state index contributed by atoms with van der Waals surface area (Å²) in [6.45, 7) is 1.31. The van der Waals surface area contributed by atoms with Gasteiger partial charge in [0, 0.05) is 26.3 Å². The Bertz CT molecular complexity index is 585. The molecule has 1 amide bonds. The Hall–Kier alpha value is -1.70. The van der Waals surface area contributed by atoms with Gasteiger partial charge in [-0.05, 0) is 15.9 Å². The Kier molecular flexibility index (Phi) is 2.66. The average Bonchev–Trinajstić information content (AvgIpc) is 2.85. The highest BCUT2D eigenvalue weighted by Crippen LogP contribution is 2.23. The van der Waals surface area contributed by atoms with Gasteiger partial charge in [0.25, 0.3) is 5.91 Å². The summed E-state index contributed by atoms with van der Waals surface area (Å²) in [5, 5.41) is 11.8. The van der Waals surface area contributed by atoms with E-state index in [0.29, 0.717) is 18.8 Å². The maximum absolute atomic E-state index is 12.0. The van der Waals surface area contributed by atoms with Crippen LogP contribution in [0.15, 0.2) is 23.1 Å². The summed E-state index contributed by atoms with van der Waals surface area (Å²) in [6, 6.07) is 0.247. The second-order valence-corrected chi connectivity index (χ2v) is 5.20. The number of rotatable bonds is 2. The minimum absolute atomic E-state index is 0.0782. The van der Waals surface area contributed by atoms with Crippen molar-refractivity contribution < 1.29 is 4.79 Å². The van der Waals surface area contributed by atoms with Crippen molar-refractivity contribution in [1.29, 1.82) is 0 Å². The van der Waals surface area contributed by atoms with E-state index >= 15 is 0 Å². The number of likely N-dealkylation sites (tertiary alicyclic amines) is 1. The van der Waals surface area contributed by atoms with Crippen LogP contribution in [-0.2, 0) is 7.05 Å². The molecule has 0 N–H and O–H groups in total. The van der Waals surface area contributed by atoms with Gasteiger partial charge in [-0.2, -0.15) is 5.10 Å². The number of nitrogens with zero attached hydrogens (tertiary/aromatic N) is 6. The molecule has 2 aromatic heterocycles. The first kappa shape index (κ1) is 11.4. The highest BCUT2D eigenvalue weighted by molar-refractivity contribution is 9.10. The van der Waals surface area contributed by atoms with Crippen molar-refractivity contribution in [3.63, 3.8) is 0 Å². The van der Waals surface area contributed by atoms with Crippen LogP contribution >= 0.6 is 15.9 Å². The van der Waals surface area contributed by atoms with Crippen molar-refractivity contribution in [1.82, 2.24) is 29.7 Å². The summed E-state index contributed by atoms with van der Waals surface area (Å²) in [4.78, 5) is 13.7. The van der Waals surface area contributed by atoms with Gasteiger partial charge in [0.15, 0.2) is 5.69 Å². The molecule has 0 spiro atoms. The minimum Gasteiger partial charge on any atom is -0.333 e. The Morgan fingerprint density at radius 2 is 2.22 bits per heavy atom. The molecular formula is C10H11BrN6O. The third kappa shape index (κ3) is 1.92. The fourth-order valence-electron chi connectivity index (χ4n) is 1.91. The molecule has 0 atom stereocenters. The van der Waals surface area contributed by atoms with Crippen LogP contribution < -0.4 is 0 Å². The van der Waals surface area contributed by atoms with Gasteiger partial charge in [-0.25, -0.2) is 0 Å². The molecule has 3 rings (SSSR count). The van der Waals surface area contributed by atoms with Gasteiger partial charge in [-0.3, -0.25) is 14.2 Å². The molecule has 0 saturated carbocycles. The SMILES string of the molecule is Cn1cc(C(=O)N2CC(n3cc(Br)cn3)C2)nn1. The summed E-state index contributed by atoms with van der Waals surface area (Å²) in [5.41, 5.74) is 0.387. The first-order valence-corrected chi connectivity index (χ1v) is 6.28. The van der Waals surface area contributed by atoms with Crippen molar-refractivity contribution in [2.24, 2.45) is 7.05 Å². The van der Waals surface area contributed by atoms with Crippen LogP contribution in [0.4, 0.5) is 0 Å². The Morgan fingerprint density at radius 3 is 2.78 bits per heavy atom. The maximum atomic E-state index is 12.0. The fraction of sp³-hybridized carbons (Fsp3) is 0.400. The summed E-state index contributed by atoms with van der Waals surface area (Å²) in [6.07, 6.45) is 5.28. The first-order valence-electron chi connectivity index (χ1n) is 5.49. The number of hydrogen-bond acceptors (Lipinski definition) is 4. The second kappa shape index (κ2) is 4.20. The number of hydrogen-bond donors (Lipinski definition) is 0.